The van der Waals surface area contributed by atoms with Gasteiger partial charge in [0.25, 0.3) is 0 Å². The molecule has 0 N–H and O–H groups in total. The first kappa shape index (κ1) is 19.0. The van der Waals surface area contributed by atoms with Crippen molar-refractivity contribution in [1.82, 2.24) is 25.0 Å². The van der Waals surface area contributed by atoms with Crippen molar-refractivity contribution >= 4 is 0 Å². The van der Waals surface area contributed by atoms with Crippen molar-refractivity contribution in [2.24, 2.45) is 0 Å². The molecular weight excluding hydrogens is 369 g/mol. The average molecular weight is 391 g/mol. The van der Waals surface area contributed by atoms with E-state index in [0.717, 1.165) is 39.5 Å². The number of rotatable bonds is 6. The van der Waals surface area contributed by atoms with Gasteiger partial charge in [-0.2, -0.15) is 5.10 Å². The molecule has 6 nitrogen and oxygen atoms in total. The Labute approximate surface area is 168 Å². The van der Waals surface area contributed by atoms with Gasteiger partial charge in [0, 0.05) is 30.4 Å². The molecule has 0 aliphatic carbocycles. The molecule has 0 radical (unpaired) electrons. The van der Waals surface area contributed by atoms with E-state index in [1.165, 1.54) is 12.1 Å². The number of nitrogens with zero attached hydrogens (tertiary/aromatic N) is 5. The molecule has 0 spiro atoms. The summed E-state index contributed by atoms with van der Waals surface area (Å²) in [5, 5.41) is 12.6. The summed E-state index contributed by atoms with van der Waals surface area (Å²) in [7, 11) is 1.99. The average Bonchev–Trinajstić information content (AvgIpc) is 3.28. The first-order valence-electron chi connectivity index (χ1n) is 9.37. The monoisotopic (exact) mass is 391 g/mol. The summed E-state index contributed by atoms with van der Waals surface area (Å²) in [5.41, 5.74) is 6.19. The van der Waals surface area contributed by atoms with E-state index in [1.54, 1.807) is 6.07 Å². The van der Waals surface area contributed by atoms with Crippen molar-refractivity contribution in [2.75, 3.05) is 7.05 Å². The van der Waals surface area contributed by atoms with Crippen molar-refractivity contribution in [2.45, 2.75) is 26.9 Å². The maximum Gasteiger partial charge on any atom is 0.123 e. The normalized spacial score (nSPS) is 11.3. The van der Waals surface area contributed by atoms with Gasteiger partial charge in [0.2, 0.25) is 0 Å². The zero-order valence-corrected chi connectivity index (χ0v) is 16.6. The smallest absolute Gasteiger partial charge is 0.123 e. The Morgan fingerprint density at radius 2 is 1.86 bits per heavy atom. The van der Waals surface area contributed by atoms with Crippen LogP contribution in [0.25, 0.3) is 16.9 Å². The minimum absolute atomic E-state index is 0.281. The van der Waals surface area contributed by atoms with Crippen LogP contribution in [-0.4, -0.2) is 32.0 Å². The summed E-state index contributed by atoms with van der Waals surface area (Å²) in [6.45, 7) is 5.12. The number of halogens is 1. The van der Waals surface area contributed by atoms with Crippen LogP contribution >= 0.6 is 0 Å². The minimum Gasteiger partial charge on any atom is -0.296 e. The maximum atomic E-state index is 13.9. The van der Waals surface area contributed by atoms with E-state index < -0.39 is 0 Å². The second-order valence-electron chi connectivity index (χ2n) is 7.27. The number of hydrogen-bond acceptors (Lipinski definition) is 5. The molecule has 0 saturated carbocycles. The van der Waals surface area contributed by atoms with Crippen molar-refractivity contribution in [3.05, 3.63) is 83.1 Å². The molecule has 2 aromatic carbocycles. The number of hydrogen-bond donors (Lipinski definition) is 0. The third-order valence-corrected chi connectivity index (χ3v) is 4.76. The molecule has 0 saturated heterocycles. The lowest BCUT2D eigenvalue weighted by atomic mass is 10.1. The predicted molar refractivity (Wildman–Crippen MR) is 108 cm³/mol. The number of aryl methyl sites for hydroxylation is 2. The summed E-state index contributed by atoms with van der Waals surface area (Å²) in [6.07, 6.45) is 2.00. The highest BCUT2D eigenvalue weighted by Crippen LogP contribution is 2.26. The fourth-order valence-corrected chi connectivity index (χ4v) is 3.30. The molecular formula is C22H22FN5O. The van der Waals surface area contributed by atoms with E-state index in [4.69, 9.17) is 9.73 Å². The van der Waals surface area contributed by atoms with E-state index in [0.29, 0.717) is 13.1 Å². The van der Waals surface area contributed by atoms with Gasteiger partial charge in [-0.05, 0) is 50.7 Å². The van der Waals surface area contributed by atoms with Gasteiger partial charge in [-0.25, -0.2) is 13.7 Å². The van der Waals surface area contributed by atoms with Crippen LogP contribution in [0.4, 0.5) is 4.39 Å². The molecule has 29 heavy (non-hydrogen) atoms. The quantitative estimate of drug-likeness (QED) is 0.490. The molecule has 148 valence electrons. The van der Waals surface area contributed by atoms with Crippen molar-refractivity contribution in [3.8, 4) is 16.9 Å². The Morgan fingerprint density at radius 1 is 1.03 bits per heavy atom. The summed E-state index contributed by atoms with van der Waals surface area (Å²) in [5.74, 6) is -0.281. The topological polar surface area (TPSA) is 60.0 Å². The van der Waals surface area contributed by atoms with Gasteiger partial charge >= 0.3 is 0 Å². The van der Waals surface area contributed by atoms with Crippen LogP contribution < -0.4 is 0 Å². The van der Waals surface area contributed by atoms with E-state index in [-0.39, 0.29) is 5.82 Å². The van der Waals surface area contributed by atoms with Crippen LogP contribution in [0.5, 0.6) is 0 Å². The van der Waals surface area contributed by atoms with Crippen LogP contribution in [-0.2, 0) is 13.1 Å². The van der Waals surface area contributed by atoms with Gasteiger partial charge in [-0.15, -0.1) is 0 Å². The van der Waals surface area contributed by atoms with Crippen molar-refractivity contribution in [3.63, 3.8) is 0 Å². The standard InChI is InChI=1S/C22H22FN5O/c1-15-6-4-9-20(10-15)28-13-18(12-27(3)14-21-16(2)25-29-26-21)22(24-28)17-7-5-8-19(23)11-17/h4-11,13H,12,14H2,1-3H3. The number of benzene rings is 2. The second-order valence-corrected chi connectivity index (χ2v) is 7.27. The highest BCUT2D eigenvalue weighted by atomic mass is 19.1. The molecule has 0 unspecified atom stereocenters. The van der Waals surface area contributed by atoms with Gasteiger partial charge in [0.15, 0.2) is 0 Å². The Bertz CT molecular complexity index is 1130. The molecule has 2 aromatic heterocycles. The predicted octanol–water partition coefficient (Wildman–Crippen LogP) is 4.31. The van der Waals surface area contributed by atoms with Crippen LogP contribution in [0.1, 0.15) is 22.5 Å². The van der Waals surface area contributed by atoms with Crippen LogP contribution in [0.15, 0.2) is 59.4 Å². The zero-order valence-electron chi connectivity index (χ0n) is 16.6. The fourth-order valence-electron chi connectivity index (χ4n) is 3.30. The number of aromatic nitrogens is 4. The first-order valence-corrected chi connectivity index (χ1v) is 9.37. The highest BCUT2D eigenvalue weighted by Gasteiger charge is 2.16. The van der Waals surface area contributed by atoms with Crippen LogP contribution in [0.3, 0.4) is 0 Å². The molecule has 0 aliphatic rings. The Morgan fingerprint density at radius 3 is 2.59 bits per heavy atom. The van der Waals surface area contributed by atoms with E-state index in [2.05, 4.69) is 21.3 Å². The molecule has 4 aromatic rings. The SMILES string of the molecule is Cc1cccc(-n2cc(CN(C)Cc3nonc3C)c(-c3cccc(F)c3)n2)c1. The Hall–Kier alpha value is -3.32. The summed E-state index contributed by atoms with van der Waals surface area (Å²) >= 11 is 0. The third kappa shape index (κ3) is 4.25. The minimum atomic E-state index is -0.281. The van der Waals surface area contributed by atoms with Crippen LogP contribution in [0, 0.1) is 19.7 Å². The van der Waals surface area contributed by atoms with E-state index in [9.17, 15) is 4.39 Å². The Kier molecular flexibility index (Phi) is 5.22. The highest BCUT2D eigenvalue weighted by molar-refractivity contribution is 5.63. The summed E-state index contributed by atoms with van der Waals surface area (Å²) in [4.78, 5) is 2.10. The lowest BCUT2D eigenvalue weighted by Gasteiger charge is -2.15. The molecule has 0 amide bonds. The van der Waals surface area contributed by atoms with Crippen molar-refractivity contribution < 1.29 is 9.02 Å². The van der Waals surface area contributed by atoms with E-state index in [1.807, 2.05) is 56.0 Å². The second kappa shape index (κ2) is 7.97. The van der Waals surface area contributed by atoms with E-state index >= 15 is 0 Å². The van der Waals surface area contributed by atoms with Crippen molar-refractivity contribution in [1.29, 1.82) is 0 Å². The molecule has 7 heteroatoms. The van der Waals surface area contributed by atoms with Gasteiger partial charge in [-0.1, -0.05) is 34.6 Å². The summed E-state index contributed by atoms with van der Waals surface area (Å²) < 4.78 is 20.5. The Balaban J connectivity index is 1.69. The molecule has 0 aliphatic heterocycles. The molecule has 4 rings (SSSR count). The first-order chi connectivity index (χ1) is 14.0. The maximum absolute atomic E-state index is 13.9. The lowest BCUT2D eigenvalue weighted by Crippen LogP contribution is -2.18. The largest absolute Gasteiger partial charge is 0.296 e. The fraction of sp³-hybridized carbons (Fsp3) is 0.227. The lowest BCUT2D eigenvalue weighted by molar-refractivity contribution is 0.279. The molecule has 0 fully saturated rings. The van der Waals surface area contributed by atoms with Gasteiger partial charge < -0.3 is 0 Å². The van der Waals surface area contributed by atoms with Gasteiger partial charge in [0.1, 0.15) is 17.2 Å². The van der Waals surface area contributed by atoms with Gasteiger partial charge in [0.05, 0.1) is 11.4 Å². The third-order valence-electron chi connectivity index (χ3n) is 4.76. The summed E-state index contributed by atoms with van der Waals surface area (Å²) in [6, 6.07) is 14.7. The zero-order chi connectivity index (χ0) is 20.4. The van der Waals surface area contributed by atoms with Gasteiger partial charge in [-0.3, -0.25) is 4.90 Å². The molecule has 2 heterocycles. The molecule has 0 bridgehead atoms. The van der Waals surface area contributed by atoms with Crippen LogP contribution in [0.2, 0.25) is 0 Å². The molecule has 0 atom stereocenters.